The number of para-hydroxylation sites is 1. The predicted molar refractivity (Wildman–Crippen MR) is 257 cm³/mol. The maximum absolute atomic E-state index is 2.68. The van der Waals surface area contributed by atoms with E-state index in [2.05, 4.69) is 209 Å². The van der Waals surface area contributed by atoms with Gasteiger partial charge in [-0.3, -0.25) is 0 Å². The summed E-state index contributed by atoms with van der Waals surface area (Å²) in [5.74, 6) is 0. The number of allylic oxidation sites excluding steroid dienone is 8. The quantitative estimate of drug-likeness (QED) is 0.166. The van der Waals surface area contributed by atoms with Crippen LogP contribution in [-0.4, -0.2) is 12.1 Å². The van der Waals surface area contributed by atoms with Crippen molar-refractivity contribution in [2.75, 3.05) is 9.80 Å². The number of benzene rings is 6. The van der Waals surface area contributed by atoms with Gasteiger partial charge in [0, 0.05) is 44.4 Å². The fourth-order valence-electron chi connectivity index (χ4n) is 11.4. The molecule has 6 aromatic rings. The zero-order valence-corrected chi connectivity index (χ0v) is 35.9. The van der Waals surface area contributed by atoms with Gasteiger partial charge in [0.1, 0.15) is 0 Å². The molecule has 0 heterocycles. The minimum atomic E-state index is -0.210. The third-order valence-corrected chi connectivity index (χ3v) is 14.4. The fraction of sp³-hybridized carbons (Fsp3) is 0.241. The Balaban J connectivity index is 1.11. The van der Waals surface area contributed by atoms with Crippen molar-refractivity contribution in [2.45, 2.75) is 90.1 Å². The molecule has 5 aliphatic carbocycles. The standard InChI is InChI=1S/C58H54N2/c1-37-19-17-25-41(31-37)59(39-21-9-7-10-22-39)53-35-51-55(45-29-15-13-27-43(45)53)47-33-50-48(34-49(47)57(51,3)4)56-46-30-16-14-28-44(46)54(36-52(56)58(50,5)6)60(40-23-11-8-12-24-40)42-26-18-20-38(2)32-42/h7-11,13-23,25-30,33-36,41-42H,12,24,31-32H2,1-6H3. The molecule has 0 aromatic heterocycles. The Morgan fingerprint density at radius 2 is 0.983 bits per heavy atom. The third-order valence-electron chi connectivity index (χ3n) is 14.4. The molecule has 2 unspecified atom stereocenters. The zero-order valence-electron chi connectivity index (χ0n) is 35.9. The molecule has 60 heavy (non-hydrogen) atoms. The summed E-state index contributed by atoms with van der Waals surface area (Å²) in [6.45, 7) is 14.4. The first kappa shape index (κ1) is 36.9. The topological polar surface area (TPSA) is 6.48 Å². The first-order valence-corrected chi connectivity index (χ1v) is 22.1. The first-order chi connectivity index (χ1) is 29.1. The molecule has 6 aromatic carbocycles. The second kappa shape index (κ2) is 13.7. The van der Waals surface area contributed by atoms with Gasteiger partial charge in [-0.1, -0.05) is 154 Å². The van der Waals surface area contributed by atoms with Crippen molar-refractivity contribution in [3.8, 4) is 22.3 Å². The molecule has 0 spiro atoms. The predicted octanol–water partition coefficient (Wildman–Crippen LogP) is 15.3. The van der Waals surface area contributed by atoms with Crippen molar-refractivity contribution in [3.05, 3.63) is 197 Å². The van der Waals surface area contributed by atoms with E-state index < -0.39 is 0 Å². The van der Waals surface area contributed by atoms with Crippen LogP contribution in [0.1, 0.15) is 89.5 Å². The van der Waals surface area contributed by atoms with Crippen molar-refractivity contribution < 1.29 is 0 Å². The number of rotatable bonds is 6. The van der Waals surface area contributed by atoms with Gasteiger partial charge in [-0.05, 0) is 137 Å². The maximum atomic E-state index is 2.68. The first-order valence-electron chi connectivity index (χ1n) is 22.1. The van der Waals surface area contributed by atoms with E-state index in [0.717, 1.165) is 25.7 Å². The molecule has 2 heteroatoms. The monoisotopic (exact) mass is 778 g/mol. The molecule has 0 fully saturated rings. The summed E-state index contributed by atoms with van der Waals surface area (Å²) in [5, 5.41) is 5.32. The molecular formula is C58H54N2. The average molecular weight is 779 g/mol. The van der Waals surface area contributed by atoms with E-state index in [1.54, 1.807) is 0 Å². The molecule has 296 valence electrons. The van der Waals surface area contributed by atoms with Crippen LogP contribution in [-0.2, 0) is 10.8 Å². The summed E-state index contributed by atoms with van der Waals surface area (Å²) in [6.07, 6.45) is 24.9. The molecular weight excluding hydrogens is 725 g/mol. The zero-order chi connectivity index (χ0) is 40.9. The van der Waals surface area contributed by atoms with E-state index in [1.165, 1.54) is 100.0 Å². The summed E-state index contributed by atoms with van der Waals surface area (Å²) in [7, 11) is 0. The van der Waals surface area contributed by atoms with Crippen LogP contribution in [0.4, 0.5) is 17.1 Å². The average Bonchev–Trinajstić information content (AvgIpc) is 3.62. The van der Waals surface area contributed by atoms with Gasteiger partial charge in [0.25, 0.3) is 0 Å². The van der Waals surface area contributed by atoms with Crippen molar-refractivity contribution in [1.29, 1.82) is 0 Å². The van der Waals surface area contributed by atoms with Crippen LogP contribution in [0.15, 0.2) is 175 Å². The summed E-state index contributed by atoms with van der Waals surface area (Å²) in [4.78, 5) is 5.28. The van der Waals surface area contributed by atoms with Gasteiger partial charge < -0.3 is 9.80 Å². The molecule has 0 bridgehead atoms. The van der Waals surface area contributed by atoms with Crippen LogP contribution >= 0.6 is 0 Å². The van der Waals surface area contributed by atoms with Gasteiger partial charge >= 0.3 is 0 Å². The lowest BCUT2D eigenvalue weighted by atomic mass is 9.79. The number of nitrogens with zero attached hydrogens (tertiary/aromatic N) is 2. The minimum Gasteiger partial charge on any atom is -0.337 e. The van der Waals surface area contributed by atoms with Crippen LogP contribution in [0.2, 0.25) is 0 Å². The van der Waals surface area contributed by atoms with Gasteiger partial charge in [-0.25, -0.2) is 0 Å². The minimum absolute atomic E-state index is 0.200. The number of hydrogen-bond acceptors (Lipinski definition) is 2. The highest BCUT2D eigenvalue weighted by Gasteiger charge is 2.44. The molecule has 0 saturated heterocycles. The molecule has 0 radical (unpaired) electrons. The van der Waals surface area contributed by atoms with Crippen LogP contribution in [0.3, 0.4) is 0 Å². The highest BCUT2D eigenvalue weighted by molar-refractivity contribution is 6.12. The highest BCUT2D eigenvalue weighted by Crippen LogP contribution is 2.60. The van der Waals surface area contributed by atoms with E-state index in [-0.39, 0.29) is 22.9 Å². The lowest BCUT2D eigenvalue weighted by Crippen LogP contribution is -2.35. The molecule has 2 atom stereocenters. The summed E-state index contributed by atoms with van der Waals surface area (Å²) >= 11 is 0. The third kappa shape index (κ3) is 5.53. The Morgan fingerprint density at radius 1 is 0.500 bits per heavy atom. The normalized spacial score (nSPS) is 20.3. The van der Waals surface area contributed by atoms with Gasteiger partial charge in [-0.15, -0.1) is 0 Å². The lowest BCUT2D eigenvalue weighted by Gasteiger charge is -2.37. The highest BCUT2D eigenvalue weighted by atomic mass is 15.2. The molecule has 0 N–H and O–H groups in total. The van der Waals surface area contributed by atoms with Gasteiger partial charge in [0.2, 0.25) is 0 Å². The molecule has 2 nitrogen and oxygen atoms in total. The van der Waals surface area contributed by atoms with E-state index in [9.17, 15) is 0 Å². The summed E-state index contributed by atoms with van der Waals surface area (Å²) in [5.41, 5.74) is 19.0. The van der Waals surface area contributed by atoms with Crippen molar-refractivity contribution in [3.63, 3.8) is 0 Å². The smallest absolute Gasteiger partial charge is 0.0562 e. The number of anilines is 3. The van der Waals surface area contributed by atoms with Crippen LogP contribution < -0.4 is 9.80 Å². The maximum Gasteiger partial charge on any atom is 0.0562 e. The Labute approximate surface area is 356 Å². The van der Waals surface area contributed by atoms with Crippen LogP contribution in [0.25, 0.3) is 43.8 Å². The fourth-order valence-corrected chi connectivity index (χ4v) is 11.4. The van der Waals surface area contributed by atoms with E-state index in [0.29, 0.717) is 0 Å². The van der Waals surface area contributed by atoms with Crippen molar-refractivity contribution in [2.24, 2.45) is 0 Å². The Hall–Kier alpha value is -6.12. The Bertz CT molecular complexity index is 2960. The Morgan fingerprint density at radius 3 is 1.48 bits per heavy atom. The largest absolute Gasteiger partial charge is 0.337 e. The SMILES string of the molecule is CC1=CC=CC(N(C2=CC=CCC2)c2cc3c(c4ccccc24)-c2cc4c(cc2C3(C)C)-c2c(cc(N(c3ccccc3)C3C=CC=C(C)C3)c3ccccc23)C4(C)C)C1. The van der Waals surface area contributed by atoms with E-state index >= 15 is 0 Å². The van der Waals surface area contributed by atoms with E-state index in [1.807, 2.05) is 0 Å². The van der Waals surface area contributed by atoms with E-state index in [4.69, 9.17) is 0 Å². The van der Waals surface area contributed by atoms with Crippen LogP contribution in [0, 0.1) is 0 Å². The van der Waals surface area contributed by atoms with Gasteiger partial charge in [0.15, 0.2) is 0 Å². The van der Waals surface area contributed by atoms with Gasteiger partial charge in [0.05, 0.1) is 12.1 Å². The molecule has 0 amide bonds. The number of fused-ring (bicyclic) bond motifs is 10. The van der Waals surface area contributed by atoms with Crippen molar-refractivity contribution >= 4 is 38.6 Å². The summed E-state index contributed by atoms with van der Waals surface area (Å²) < 4.78 is 0. The molecule has 11 rings (SSSR count). The molecule has 5 aliphatic rings. The number of hydrogen-bond donors (Lipinski definition) is 0. The second-order valence-electron chi connectivity index (χ2n) is 19.0. The Kier molecular flexibility index (Phi) is 8.44. The lowest BCUT2D eigenvalue weighted by molar-refractivity contribution is 0.651. The second-order valence-corrected chi connectivity index (χ2v) is 19.0. The summed E-state index contributed by atoms with van der Waals surface area (Å²) in [6, 6.07) is 40.3. The molecule has 0 aliphatic heterocycles. The van der Waals surface area contributed by atoms with Gasteiger partial charge in [-0.2, -0.15) is 0 Å². The van der Waals surface area contributed by atoms with Crippen molar-refractivity contribution in [1.82, 2.24) is 0 Å². The van der Waals surface area contributed by atoms with Crippen LogP contribution in [0.5, 0.6) is 0 Å². The molecule has 0 saturated carbocycles.